The van der Waals surface area contributed by atoms with Gasteiger partial charge in [-0.2, -0.15) is 0 Å². The summed E-state index contributed by atoms with van der Waals surface area (Å²) >= 11 is 0. The molecule has 0 aliphatic heterocycles. The lowest BCUT2D eigenvalue weighted by Crippen LogP contribution is -2.39. The molecule has 0 N–H and O–H groups in total. The zero-order valence-electron chi connectivity index (χ0n) is 11.3. The molecule has 0 saturated carbocycles. The van der Waals surface area contributed by atoms with Crippen LogP contribution in [0.25, 0.3) is 0 Å². The lowest BCUT2D eigenvalue weighted by atomic mass is 10.5. The number of hydrogen-bond acceptors (Lipinski definition) is 3. The van der Waals surface area contributed by atoms with Crippen molar-refractivity contribution >= 4 is 23.7 Å². The highest BCUT2D eigenvalue weighted by Crippen LogP contribution is 2.36. The van der Waals surface area contributed by atoms with Gasteiger partial charge < -0.3 is 9.47 Å². The molecule has 16 heavy (non-hydrogen) atoms. The standard InChI is InChI=1S/C11H24O3Si2/c1-11(2,16(4,5)6)15-9-7-8-14-10(12)13-3/h7-9H2,1-6H3. The molecular weight excluding hydrogens is 236 g/mol. The third kappa shape index (κ3) is 5.70. The second kappa shape index (κ2) is 6.44. The summed E-state index contributed by atoms with van der Waals surface area (Å²) in [5.74, 6) is 0. The minimum absolute atomic E-state index is 0.471. The lowest BCUT2D eigenvalue weighted by Gasteiger charge is -2.36. The molecule has 0 aromatic carbocycles. The Morgan fingerprint density at radius 3 is 2.31 bits per heavy atom. The topological polar surface area (TPSA) is 35.5 Å². The van der Waals surface area contributed by atoms with E-state index in [1.807, 2.05) is 0 Å². The number of rotatable bonds is 6. The van der Waals surface area contributed by atoms with Crippen LogP contribution in [0.3, 0.4) is 0 Å². The summed E-state index contributed by atoms with van der Waals surface area (Å²) in [5.41, 5.74) is 0. The summed E-state index contributed by atoms with van der Waals surface area (Å²) in [4.78, 5) is 10.7. The molecule has 0 spiro atoms. The molecule has 0 aliphatic carbocycles. The fourth-order valence-corrected chi connectivity index (χ4v) is 4.40. The zero-order chi connectivity index (χ0) is 12.8. The van der Waals surface area contributed by atoms with Gasteiger partial charge in [0.25, 0.3) is 0 Å². The molecule has 0 amide bonds. The van der Waals surface area contributed by atoms with Gasteiger partial charge in [0, 0.05) is 17.6 Å². The first-order chi connectivity index (χ1) is 7.20. The van der Waals surface area contributed by atoms with Crippen LogP contribution in [0.15, 0.2) is 0 Å². The van der Waals surface area contributed by atoms with Gasteiger partial charge in [0.05, 0.1) is 13.7 Å². The van der Waals surface area contributed by atoms with Crippen LogP contribution in [0.5, 0.6) is 0 Å². The van der Waals surface area contributed by atoms with Crippen molar-refractivity contribution in [2.45, 2.75) is 50.6 Å². The third-order valence-electron chi connectivity index (χ3n) is 3.15. The molecule has 94 valence electrons. The molecule has 3 nitrogen and oxygen atoms in total. The summed E-state index contributed by atoms with van der Waals surface area (Å²) in [7, 11) is 1.18. The number of carbonyl (C=O) groups excluding carboxylic acids is 1. The molecule has 0 aromatic heterocycles. The van der Waals surface area contributed by atoms with Crippen molar-refractivity contribution in [2.24, 2.45) is 0 Å². The van der Waals surface area contributed by atoms with Gasteiger partial charge >= 0.3 is 6.16 Å². The van der Waals surface area contributed by atoms with Crippen molar-refractivity contribution in [3.8, 4) is 0 Å². The van der Waals surface area contributed by atoms with E-state index in [2.05, 4.69) is 38.2 Å². The molecule has 0 aliphatic rings. The Hall–Kier alpha value is -0.296. The highest BCUT2D eigenvalue weighted by Gasteiger charge is 2.34. The van der Waals surface area contributed by atoms with E-state index in [0.717, 1.165) is 22.0 Å². The van der Waals surface area contributed by atoms with Crippen LogP contribution >= 0.6 is 0 Å². The summed E-state index contributed by atoms with van der Waals surface area (Å²) in [6.07, 6.45) is 0.356. The highest BCUT2D eigenvalue weighted by molar-refractivity contribution is 6.87. The van der Waals surface area contributed by atoms with E-state index in [4.69, 9.17) is 4.74 Å². The zero-order valence-corrected chi connectivity index (χ0v) is 13.3. The Labute approximate surface area is 103 Å². The van der Waals surface area contributed by atoms with E-state index >= 15 is 0 Å². The quantitative estimate of drug-likeness (QED) is 0.417. The Kier molecular flexibility index (Phi) is 6.32. The molecule has 0 rings (SSSR count). The first kappa shape index (κ1) is 15.7. The minimum atomic E-state index is -1.09. The van der Waals surface area contributed by atoms with E-state index in [1.165, 1.54) is 7.11 Å². The maximum atomic E-state index is 10.7. The molecule has 0 saturated heterocycles. The number of methoxy groups -OCH3 is 1. The smallest absolute Gasteiger partial charge is 0.438 e. The van der Waals surface area contributed by atoms with E-state index in [-0.39, 0.29) is 0 Å². The maximum absolute atomic E-state index is 10.7. The van der Waals surface area contributed by atoms with Crippen LogP contribution in [-0.2, 0) is 9.47 Å². The average Bonchev–Trinajstić information content (AvgIpc) is 2.15. The molecule has 0 heterocycles. The minimum Gasteiger partial charge on any atom is -0.438 e. The lowest BCUT2D eigenvalue weighted by molar-refractivity contribution is 0.0728. The molecular formula is C11H24O3Si2. The molecule has 0 aromatic rings. The fourth-order valence-electron chi connectivity index (χ4n) is 0.953. The van der Waals surface area contributed by atoms with Gasteiger partial charge in [-0.3, -0.25) is 0 Å². The van der Waals surface area contributed by atoms with Gasteiger partial charge in [-0.15, -0.1) is 0 Å². The normalized spacial score (nSPS) is 12.4. The van der Waals surface area contributed by atoms with Crippen molar-refractivity contribution in [2.75, 3.05) is 13.7 Å². The van der Waals surface area contributed by atoms with Gasteiger partial charge in [0.15, 0.2) is 0 Å². The van der Waals surface area contributed by atoms with E-state index < -0.39 is 14.2 Å². The van der Waals surface area contributed by atoms with Crippen molar-refractivity contribution in [1.29, 1.82) is 0 Å². The Morgan fingerprint density at radius 2 is 1.88 bits per heavy atom. The number of ether oxygens (including phenoxy) is 2. The van der Waals surface area contributed by atoms with Gasteiger partial charge in [0.1, 0.15) is 0 Å². The molecule has 0 unspecified atom stereocenters. The summed E-state index contributed by atoms with van der Waals surface area (Å²) in [5, 5.41) is 0. The van der Waals surface area contributed by atoms with Crippen LogP contribution in [0.4, 0.5) is 4.79 Å². The van der Waals surface area contributed by atoms with Crippen molar-refractivity contribution in [1.82, 2.24) is 0 Å². The Bertz CT molecular complexity index is 222. The first-order valence-electron chi connectivity index (χ1n) is 5.66. The summed E-state index contributed by atoms with van der Waals surface area (Å²) in [6, 6.07) is 1.13. The molecule has 0 fully saturated rings. The van der Waals surface area contributed by atoms with Crippen molar-refractivity contribution < 1.29 is 14.3 Å². The highest BCUT2D eigenvalue weighted by atomic mass is 28.4. The third-order valence-corrected chi connectivity index (χ3v) is 11.2. The average molecular weight is 260 g/mol. The molecule has 2 radical (unpaired) electrons. The predicted octanol–water partition coefficient (Wildman–Crippen LogP) is 3.36. The monoisotopic (exact) mass is 260 g/mol. The van der Waals surface area contributed by atoms with Crippen molar-refractivity contribution in [3.05, 3.63) is 0 Å². The second-order valence-electron chi connectivity index (χ2n) is 5.46. The van der Waals surface area contributed by atoms with Gasteiger partial charge in [-0.25, -0.2) is 4.79 Å². The number of hydrogen-bond donors (Lipinski definition) is 0. The van der Waals surface area contributed by atoms with Crippen LogP contribution in [0.2, 0.25) is 30.3 Å². The van der Waals surface area contributed by atoms with E-state index in [9.17, 15) is 4.79 Å². The van der Waals surface area contributed by atoms with Crippen LogP contribution in [-0.4, -0.2) is 37.5 Å². The number of carbonyl (C=O) groups is 1. The second-order valence-corrected chi connectivity index (χ2v) is 13.8. The SMILES string of the molecule is COC(=O)OCCC[Si]C(C)(C)[Si](C)(C)C. The maximum Gasteiger partial charge on any atom is 0.507 e. The molecule has 0 bridgehead atoms. The van der Waals surface area contributed by atoms with Crippen molar-refractivity contribution in [3.63, 3.8) is 0 Å². The first-order valence-corrected chi connectivity index (χ1v) is 10.4. The van der Waals surface area contributed by atoms with Gasteiger partial charge in [-0.1, -0.05) is 39.5 Å². The van der Waals surface area contributed by atoms with E-state index in [0.29, 0.717) is 11.3 Å². The van der Waals surface area contributed by atoms with Crippen LogP contribution in [0, 0.1) is 0 Å². The van der Waals surface area contributed by atoms with Crippen LogP contribution in [0.1, 0.15) is 20.3 Å². The molecule has 5 heteroatoms. The largest absolute Gasteiger partial charge is 0.507 e. The summed E-state index contributed by atoms with van der Waals surface area (Å²) < 4.78 is 9.72. The van der Waals surface area contributed by atoms with Gasteiger partial charge in [-0.05, 0) is 11.1 Å². The Morgan fingerprint density at radius 1 is 1.31 bits per heavy atom. The summed E-state index contributed by atoms with van der Waals surface area (Å²) in [6.45, 7) is 12.4. The fraction of sp³-hybridized carbons (Fsp3) is 0.909. The van der Waals surface area contributed by atoms with E-state index in [1.54, 1.807) is 0 Å². The van der Waals surface area contributed by atoms with Gasteiger partial charge in [0.2, 0.25) is 0 Å². The Balaban J connectivity index is 3.71. The predicted molar refractivity (Wildman–Crippen MR) is 70.9 cm³/mol. The van der Waals surface area contributed by atoms with Crippen LogP contribution < -0.4 is 0 Å². The molecule has 0 atom stereocenters.